The van der Waals surface area contributed by atoms with Gasteiger partial charge in [0.05, 0.1) is 12.3 Å². The van der Waals surface area contributed by atoms with Crippen molar-refractivity contribution in [2.24, 2.45) is 0 Å². The second kappa shape index (κ2) is 25.0. The van der Waals surface area contributed by atoms with Gasteiger partial charge in [0, 0.05) is 93.7 Å². The van der Waals surface area contributed by atoms with Crippen LogP contribution in [0.5, 0.6) is 0 Å². The summed E-state index contributed by atoms with van der Waals surface area (Å²) >= 11 is 15.0. The van der Waals surface area contributed by atoms with Crippen LogP contribution in [0.25, 0.3) is 0 Å². The third-order valence-electron chi connectivity index (χ3n) is 7.27. The third-order valence-corrected chi connectivity index (χ3v) is 11.0. The van der Waals surface area contributed by atoms with E-state index in [1.807, 2.05) is 42.9 Å². The molecule has 0 aromatic heterocycles. The summed E-state index contributed by atoms with van der Waals surface area (Å²) in [7, 11) is -1.49. The Morgan fingerprint density at radius 2 is 1.35 bits per heavy atom. The smallest absolute Gasteiger partial charge is 0.766 e. The van der Waals surface area contributed by atoms with Crippen LogP contribution in [-0.4, -0.2) is 113 Å². The molecule has 4 rings (SSSR count). The van der Waals surface area contributed by atoms with Gasteiger partial charge >= 0.3 is 103 Å². The number of hydrazine groups is 2. The van der Waals surface area contributed by atoms with Gasteiger partial charge in [0.1, 0.15) is 0 Å². The molecule has 4 N–H and O–H groups in total. The molecular formula is C26H36AuK2N8O6S6-2. The maximum Gasteiger partial charge on any atom is 1.00 e. The van der Waals surface area contributed by atoms with Crippen molar-refractivity contribution >= 4 is 77.9 Å². The first-order chi connectivity index (χ1) is 21.6. The summed E-state index contributed by atoms with van der Waals surface area (Å²) in [4.78, 5) is 28.8. The topological polar surface area (TPSA) is 175 Å². The number of hydrogen-bond acceptors (Lipinski definition) is 16. The number of amides is 2. The molecule has 6 atom stereocenters. The molecule has 6 unspecified atom stereocenters. The molecule has 0 saturated carbocycles. The first-order valence-electron chi connectivity index (χ1n) is 13.9. The van der Waals surface area contributed by atoms with Gasteiger partial charge in [-0.3, -0.25) is 38.7 Å². The molecule has 0 spiro atoms. The Bertz CT molecular complexity index is 1510. The van der Waals surface area contributed by atoms with Crippen molar-refractivity contribution in [3.05, 3.63) is 59.7 Å². The molecular weight excluding hydrogens is 988 g/mol. The summed E-state index contributed by atoms with van der Waals surface area (Å²) in [6.45, 7) is 6.10. The summed E-state index contributed by atoms with van der Waals surface area (Å²) in [6.07, 6.45) is 0.282. The second-order valence-electron chi connectivity index (χ2n) is 10.2. The number of carbonyl (C=O) groups excluding carboxylic acids is 2. The van der Waals surface area contributed by atoms with E-state index >= 15 is 0 Å². The first kappa shape index (κ1) is 51.6. The van der Waals surface area contributed by atoms with Crippen LogP contribution in [0.4, 0.5) is 0 Å². The van der Waals surface area contributed by atoms with Crippen LogP contribution in [-0.2, 0) is 77.7 Å². The van der Waals surface area contributed by atoms with Crippen LogP contribution in [0, 0.1) is 0 Å². The van der Waals surface area contributed by atoms with Crippen molar-refractivity contribution in [2.75, 3.05) is 40.3 Å². The van der Waals surface area contributed by atoms with E-state index in [1.54, 1.807) is 30.3 Å². The fraction of sp³-hybridized carbons (Fsp3) is 0.462. The van der Waals surface area contributed by atoms with Crippen molar-refractivity contribution in [3.8, 4) is 0 Å². The Labute approximate surface area is 411 Å². The van der Waals surface area contributed by atoms with Crippen LogP contribution >= 0.6 is 10.8 Å². The van der Waals surface area contributed by atoms with Crippen LogP contribution in [0.2, 0.25) is 0 Å². The fourth-order valence-corrected chi connectivity index (χ4v) is 7.49. The summed E-state index contributed by atoms with van der Waals surface area (Å²) in [6, 6.07) is 12.2. The van der Waals surface area contributed by atoms with Gasteiger partial charge in [0.25, 0.3) is 11.8 Å². The summed E-state index contributed by atoms with van der Waals surface area (Å²) in [5, 5.41) is 9.43. The number of nitrogens with one attached hydrogen (secondary N) is 4. The molecule has 2 aliphatic rings. The van der Waals surface area contributed by atoms with E-state index in [9.17, 15) is 27.1 Å². The van der Waals surface area contributed by atoms with Gasteiger partial charge in [-0.05, 0) is 92.0 Å². The summed E-state index contributed by atoms with van der Waals surface area (Å²) < 4.78 is 44.1. The number of rotatable bonds is 11. The SMILES string of the molecule is CC1N(C)NC([S-])N1CCNC(=O)c1cccc(S(=O)([O-])=S)c1.CC1N(C)NC([S-])N1CCNC(=O)c1cccc(SS(=O)[O-])c1.[Au].[K+].[K+]. The van der Waals surface area contributed by atoms with Crippen LogP contribution in [0.1, 0.15) is 34.6 Å². The molecule has 49 heavy (non-hydrogen) atoms. The predicted octanol–water partition coefficient (Wildman–Crippen LogP) is -6.18. The molecule has 2 aromatic carbocycles. The zero-order valence-corrected chi connectivity index (χ0v) is 41.1. The average molecular weight is 1020 g/mol. The normalized spacial score (nSPS) is 23.0. The molecule has 0 bridgehead atoms. The van der Waals surface area contributed by atoms with E-state index in [0.29, 0.717) is 47.4 Å². The summed E-state index contributed by atoms with van der Waals surface area (Å²) in [5.74, 6) is -0.585. The first-order valence-corrected chi connectivity index (χ1v) is 19.7. The van der Waals surface area contributed by atoms with E-state index < -0.39 is 18.9 Å². The Kier molecular flexibility index (Phi) is 26.4. The zero-order chi connectivity index (χ0) is 34.2. The molecule has 2 amide bonds. The van der Waals surface area contributed by atoms with Gasteiger partial charge in [0.2, 0.25) is 0 Å². The maximum atomic E-state index is 12.1. The van der Waals surface area contributed by atoms with Gasteiger partial charge in [-0.2, -0.15) is 0 Å². The Morgan fingerprint density at radius 3 is 1.73 bits per heavy atom. The quantitative estimate of drug-likeness (QED) is 0.0725. The molecule has 267 valence electrons. The van der Waals surface area contributed by atoms with Crippen molar-refractivity contribution in [2.45, 2.75) is 47.0 Å². The fourth-order valence-electron chi connectivity index (χ4n) is 4.52. The van der Waals surface area contributed by atoms with Gasteiger partial charge < -0.3 is 45.0 Å². The second-order valence-corrected chi connectivity index (χ2v) is 16.2. The predicted molar refractivity (Wildman–Crippen MR) is 183 cm³/mol. The van der Waals surface area contributed by atoms with Crippen molar-refractivity contribution in [1.29, 1.82) is 0 Å². The number of hydrogen-bond donors (Lipinski definition) is 4. The zero-order valence-electron chi connectivity index (χ0n) is 27.7. The van der Waals surface area contributed by atoms with E-state index in [4.69, 9.17) is 25.3 Å². The molecule has 2 aliphatic heterocycles. The third kappa shape index (κ3) is 16.7. The molecule has 2 fully saturated rings. The van der Waals surface area contributed by atoms with E-state index in [1.165, 1.54) is 18.2 Å². The number of nitrogens with zero attached hydrogens (tertiary/aromatic N) is 4. The Morgan fingerprint density at radius 1 is 0.918 bits per heavy atom. The molecule has 2 aromatic rings. The van der Waals surface area contributed by atoms with Gasteiger partial charge in [0.15, 0.2) is 0 Å². The van der Waals surface area contributed by atoms with Crippen molar-refractivity contribution < 1.29 is 152 Å². The molecule has 1 radical (unpaired) electrons. The molecule has 2 saturated heterocycles. The number of benzene rings is 2. The minimum atomic E-state index is -3.75. The molecule has 23 heteroatoms. The van der Waals surface area contributed by atoms with E-state index in [-0.39, 0.29) is 171 Å². The monoisotopic (exact) mass is 1020 g/mol. The average Bonchev–Trinajstić information content (AvgIpc) is 3.38. The maximum absolute atomic E-state index is 12.1. The van der Waals surface area contributed by atoms with Gasteiger partial charge in [-0.15, -0.1) is 0 Å². The minimum absolute atomic E-state index is 0. The van der Waals surface area contributed by atoms with Crippen LogP contribution in [0.3, 0.4) is 0 Å². The van der Waals surface area contributed by atoms with Crippen molar-refractivity contribution in [3.63, 3.8) is 0 Å². The van der Waals surface area contributed by atoms with Crippen molar-refractivity contribution in [1.82, 2.24) is 41.3 Å². The van der Waals surface area contributed by atoms with Crippen LogP contribution < -0.4 is 124 Å². The Hall–Kier alpha value is 2.64. The van der Waals surface area contributed by atoms with E-state index in [0.717, 1.165) is 0 Å². The Balaban J connectivity index is 0.000000886. The van der Waals surface area contributed by atoms with Gasteiger partial charge in [-0.1, -0.05) is 12.1 Å². The largest absolute Gasteiger partial charge is 1.00 e. The minimum Gasteiger partial charge on any atom is -0.766 e. The molecule has 14 nitrogen and oxygen atoms in total. The summed E-state index contributed by atoms with van der Waals surface area (Å²) in [5.41, 5.74) is 6.48. The number of carbonyl (C=O) groups is 2. The molecule has 0 aliphatic carbocycles. The van der Waals surface area contributed by atoms with Gasteiger partial charge in [-0.25, -0.2) is 10.0 Å². The molecule has 2 heterocycles. The van der Waals surface area contributed by atoms with E-state index in [2.05, 4.69) is 37.6 Å². The standard InChI is InChI=1S/2C13H20N4O3S3.Au.2K/c1-9-16(2)15-13(21)17(9)7-6-14-12(18)10-4-3-5-11(8-10)23(19,20)22;1-9-16(2)15-13(21)17(9)7-6-14-12(18)10-4-3-5-11(8-10)22-23(19)20;;;/h3-5,8-9,13,15,21H,6-7H2,1-2H3,(H,14,18)(H,19,20,22);3-5,8-9,13,15,21H,6-7H2,1-2H3,(H,14,18)(H,19,20);;;/q;;;2*+1/p-4. The van der Waals surface area contributed by atoms with Crippen LogP contribution in [0.15, 0.2) is 58.3 Å².